The van der Waals surface area contributed by atoms with Gasteiger partial charge in [0.25, 0.3) is 0 Å². The summed E-state index contributed by atoms with van der Waals surface area (Å²) in [5, 5.41) is 0. The molecule has 0 saturated heterocycles. The fourth-order valence-electron chi connectivity index (χ4n) is 5.78. The number of aryl methyl sites for hydroxylation is 1. The van der Waals surface area contributed by atoms with E-state index in [0.29, 0.717) is 0 Å². The van der Waals surface area contributed by atoms with Crippen molar-refractivity contribution in [2.45, 2.75) is 65.7 Å². The van der Waals surface area contributed by atoms with Gasteiger partial charge >= 0.3 is 99.2 Å². The number of fused-ring (bicyclic) bond motifs is 3. The molecule has 0 amide bonds. The van der Waals surface area contributed by atoms with E-state index in [9.17, 15) is 0 Å². The summed E-state index contributed by atoms with van der Waals surface area (Å²) in [7, 11) is 0. The molecule has 0 aromatic heterocycles. The Morgan fingerprint density at radius 3 is 1.68 bits per heavy atom. The second-order valence-corrected chi connectivity index (χ2v) is 15.7. The third kappa shape index (κ3) is 8.97. The Morgan fingerprint density at radius 1 is 0.617 bits per heavy atom. The van der Waals surface area contributed by atoms with Crippen LogP contribution in [0.2, 0.25) is 0 Å². The van der Waals surface area contributed by atoms with Crippen LogP contribution in [-0.4, -0.2) is 3.21 Å². The summed E-state index contributed by atoms with van der Waals surface area (Å²) in [6, 6.07) is 53.2. The number of rotatable bonds is 3. The first kappa shape index (κ1) is 34.5. The van der Waals surface area contributed by atoms with Crippen LogP contribution in [0.4, 0.5) is 0 Å². The zero-order valence-corrected chi connectivity index (χ0v) is 31.4. The van der Waals surface area contributed by atoms with Crippen molar-refractivity contribution in [3.8, 4) is 22.3 Å². The summed E-state index contributed by atoms with van der Waals surface area (Å²) in [5.41, 5.74) is 15.3. The molecule has 6 aromatic carbocycles. The summed E-state index contributed by atoms with van der Waals surface area (Å²) in [5.74, 6) is 0. The summed E-state index contributed by atoms with van der Waals surface area (Å²) in [4.78, 5) is 0. The van der Waals surface area contributed by atoms with Gasteiger partial charge in [-0.25, -0.2) is 6.07 Å². The number of hydrogen-bond acceptors (Lipinski definition) is 0. The summed E-state index contributed by atoms with van der Waals surface area (Å²) < 4.78 is 1.42. The maximum absolute atomic E-state index is 3.67. The van der Waals surface area contributed by atoms with Gasteiger partial charge in [-0.15, -0.1) is 11.1 Å². The quantitative estimate of drug-likeness (QED) is 0.162. The molecular weight excluding hydrogens is 644 g/mol. The first-order valence-electron chi connectivity index (χ1n) is 16.6. The van der Waals surface area contributed by atoms with Gasteiger partial charge in [0.2, 0.25) is 0 Å². The molecule has 0 N–H and O–H groups in total. The Hall–Kier alpha value is -3.80. The number of hydrogen-bond donors (Lipinski definition) is 0. The van der Waals surface area contributed by atoms with Gasteiger partial charge in [0.1, 0.15) is 0 Å². The van der Waals surface area contributed by atoms with E-state index in [-0.39, 0.29) is 10.8 Å². The van der Waals surface area contributed by atoms with Gasteiger partial charge in [-0.1, -0.05) is 108 Å². The molecule has 0 heterocycles. The van der Waals surface area contributed by atoms with Gasteiger partial charge in [0.05, 0.1) is 0 Å². The molecule has 0 aliphatic heterocycles. The molecule has 0 atom stereocenters. The van der Waals surface area contributed by atoms with Gasteiger partial charge in [0.15, 0.2) is 0 Å². The Balaban J connectivity index is 0.000000145. The Morgan fingerprint density at radius 2 is 1.17 bits per heavy atom. The Kier molecular flexibility index (Phi) is 11.0. The second-order valence-electron chi connectivity index (χ2n) is 14.5. The van der Waals surface area contributed by atoms with E-state index >= 15 is 0 Å². The molecule has 0 unspecified atom stereocenters. The predicted octanol–water partition coefficient (Wildman–Crippen LogP) is 11.8. The first-order valence-corrected chi connectivity index (χ1v) is 17.8. The summed E-state index contributed by atoms with van der Waals surface area (Å²) in [6.45, 7) is 15.7. The van der Waals surface area contributed by atoms with Crippen molar-refractivity contribution >= 4 is 3.21 Å². The second kappa shape index (κ2) is 15.0. The first-order chi connectivity index (χ1) is 22.4. The van der Waals surface area contributed by atoms with Gasteiger partial charge in [0, 0.05) is 0 Å². The van der Waals surface area contributed by atoms with Crippen LogP contribution in [0.25, 0.3) is 22.3 Å². The molecule has 1 heteroatoms. The molecule has 0 spiro atoms. The predicted molar refractivity (Wildman–Crippen MR) is 199 cm³/mol. The minimum atomic E-state index is 0.167. The molecule has 0 bridgehead atoms. The van der Waals surface area contributed by atoms with Gasteiger partial charge in [-0.05, 0) is 28.4 Å². The third-order valence-electron chi connectivity index (χ3n) is 8.61. The topological polar surface area (TPSA) is 0 Å². The fourth-order valence-corrected chi connectivity index (χ4v) is 6.60. The normalized spacial score (nSPS) is 11.8. The van der Waals surface area contributed by atoms with Crippen molar-refractivity contribution < 1.29 is 24.2 Å². The minimum absolute atomic E-state index is 0.167. The van der Waals surface area contributed by atoms with E-state index in [1.807, 2.05) is 6.07 Å². The van der Waals surface area contributed by atoms with Crippen molar-refractivity contribution in [2.24, 2.45) is 0 Å². The van der Waals surface area contributed by atoms with E-state index in [1.165, 1.54) is 88.6 Å². The van der Waals surface area contributed by atoms with Crippen LogP contribution in [0.5, 0.6) is 0 Å². The Bertz CT molecular complexity index is 1810. The van der Waals surface area contributed by atoms with Crippen LogP contribution in [0.3, 0.4) is 0 Å². The van der Waals surface area contributed by atoms with Gasteiger partial charge < -0.3 is 0 Å². The molecule has 1 aliphatic rings. The van der Waals surface area contributed by atoms with E-state index in [0.717, 1.165) is 6.42 Å². The van der Waals surface area contributed by atoms with Gasteiger partial charge in [-0.3, -0.25) is 0 Å². The van der Waals surface area contributed by atoms with E-state index in [1.54, 1.807) is 0 Å². The number of benzene rings is 5. The zero-order valence-electron chi connectivity index (χ0n) is 29.0. The summed E-state index contributed by atoms with van der Waals surface area (Å²) in [6.07, 6.45) is 1.03. The van der Waals surface area contributed by atoms with Crippen molar-refractivity contribution in [1.29, 1.82) is 0 Å². The molecule has 7 rings (SSSR count). The molecular formula is C46H46Zr. The van der Waals surface area contributed by atoms with E-state index < -0.39 is 0 Å². The summed E-state index contributed by atoms with van der Waals surface area (Å²) >= 11 is 1.46. The van der Waals surface area contributed by atoms with E-state index in [4.69, 9.17) is 0 Å². The van der Waals surface area contributed by atoms with Crippen molar-refractivity contribution in [1.82, 2.24) is 0 Å². The van der Waals surface area contributed by atoms with Crippen LogP contribution in [0.15, 0.2) is 140 Å². The third-order valence-corrected chi connectivity index (χ3v) is 10.0. The molecule has 0 fully saturated rings. The zero-order chi connectivity index (χ0) is 33.6. The molecule has 0 saturated carbocycles. The molecule has 1 aliphatic carbocycles. The van der Waals surface area contributed by atoms with Crippen LogP contribution in [-0.2, 0) is 41.5 Å². The van der Waals surface area contributed by atoms with Crippen LogP contribution < -0.4 is 0 Å². The van der Waals surface area contributed by atoms with Crippen molar-refractivity contribution in [3.63, 3.8) is 0 Å². The average molecular weight is 690 g/mol. The maximum atomic E-state index is 3.67. The Labute approximate surface area is 298 Å². The van der Waals surface area contributed by atoms with E-state index in [2.05, 4.69) is 188 Å². The van der Waals surface area contributed by atoms with Crippen LogP contribution in [0, 0.1) is 13.0 Å². The standard InChI is InChI=1S/C21H25.C13H10.C12H11.Zr/c1-20(2,3)16-7-9-18-14(12-16)11-15-13-17(21(4,5)6)8-10-19(15)18;1-3-7-12(8-4-1)11-13-9-5-2-6-10-13;1-10-7-8-12(9-10)11-5-3-2-4-6-11;/h7-10,12H,11H2,1-6H3;1-10H;2-9H,1H3;/q-1;;-1;+2. The molecule has 234 valence electrons. The van der Waals surface area contributed by atoms with Crippen molar-refractivity contribution in [3.05, 3.63) is 185 Å². The van der Waals surface area contributed by atoms with Gasteiger partial charge in [-0.2, -0.15) is 47.0 Å². The van der Waals surface area contributed by atoms with Crippen molar-refractivity contribution in [2.75, 3.05) is 0 Å². The molecule has 0 nitrogen and oxygen atoms in total. The van der Waals surface area contributed by atoms with Crippen LogP contribution >= 0.6 is 0 Å². The molecule has 6 aromatic rings. The monoisotopic (exact) mass is 688 g/mol. The van der Waals surface area contributed by atoms with Crippen LogP contribution in [0.1, 0.15) is 80.5 Å². The molecule has 47 heavy (non-hydrogen) atoms. The molecule has 0 radical (unpaired) electrons. The fraction of sp³-hybridized carbons (Fsp3) is 0.217. The SMILES string of the molecule is CC(C)(C)c1[c-]c2c(cc1)-c1ccc(C(C)(C)C)cc1C2.Cc1cc(-c2ccccc2)c[cH-]1.[Zr+2]=[C](c1ccccc1)c1ccccc1. The average Bonchev–Trinajstić information content (AvgIpc) is 3.68.